The third kappa shape index (κ3) is 3.26. The first-order chi connectivity index (χ1) is 9.08. The molecule has 0 aliphatic rings. The van der Waals surface area contributed by atoms with Gasteiger partial charge in [-0.25, -0.2) is 0 Å². The molecule has 0 fully saturated rings. The highest BCUT2D eigenvalue weighted by atomic mass is 32.1. The van der Waals surface area contributed by atoms with Crippen molar-refractivity contribution >= 4 is 23.0 Å². The number of aromatic nitrogens is 1. The number of amides is 1. The van der Waals surface area contributed by atoms with E-state index in [1.54, 1.807) is 36.7 Å². The Kier molecular flexibility index (Phi) is 4.06. The molecule has 2 heterocycles. The van der Waals surface area contributed by atoms with Crippen LogP contribution in [0.4, 0.5) is 0 Å². The van der Waals surface area contributed by atoms with E-state index in [1.165, 1.54) is 16.0 Å². The van der Waals surface area contributed by atoms with Gasteiger partial charge in [-0.1, -0.05) is 0 Å². The van der Waals surface area contributed by atoms with E-state index in [9.17, 15) is 9.59 Å². The van der Waals surface area contributed by atoms with Crippen LogP contribution in [0, 0.1) is 6.92 Å². The van der Waals surface area contributed by atoms with Crippen molar-refractivity contribution in [2.45, 2.75) is 13.5 Å². The van der Waals surface area contributed by atoms with Crippen molar-refractivity contribution < 1.29 is 9.59 Å². The average molecular weight is 274 g/mol. The molecular weight excluding hydrogens is 260 g/mol. The second-order valence-corrected chi connectivity index (χ2v) is 5.62. The van der Waals surface area contributed by atoms with Gasteiger partial charge in [-0.3, -0.25) is 14.6 Å². The quantitative estimate of drug-likeness (QED) is 0.635. The zero-order valence-corrected chi connectivity index (χ0v) is 11.6. The number of aryl methyl sites for hydroxylation is 1. The summed E-state index contributed by atoms with van der Waals surface area (Å²) in [5, 5.41) is 0. The van der Waals surface area contributed by atoms with Gasteiger partial charge in [0.05, 0.1) is 6.54 Å². The maximum atomic E-state index is 12.0. The van der Waals surface area contributed by atoms with Crippen molar-refractivity contribution in [1.82, 2.24) is 9.88 Å². The Morgan fingerprint density at radius 3 is 2.68 bits per heavy atom. The summed E-state index contributed by atoms with van der Waals surface area (Å²) in [6.07, 6.45) is 2.97. The topological polar surface area (TPSA) is 50.3 Å². The first-order valence-electron chi connectivity index (χ1n) is 5.83. The lowest BCUT2D eigenvalue weighted by Gasteiger charge is -2.15. The Hall–Kier alpha value is -2.01. The number of hydrogen-bond donors (Lipinski definition) is 0. The molecule has 4 nitrogen and oxygen atoms in total. The molecule has 0 saturated heterocycles. The minimum atomic E-state index is -0.524. The number of rotatable bonds is 4. The van der Waals surface area contributed by atoms with Crippen LogP contribution in [0.2, 0.25) is 0 Å². The van der Waals surface area contributed by atoms with E-state index in [0.29, 0.717) is 12.1 Å². The predicted octanol–water partition coefficient (Wildman–Crippen LogP) is 2.29. The fourth-order valence-corrected chi connectivity index (χ4v) is 2.61. The smallest absolute Gasteiger partial charge is 0.295 e. The van der Waals surface area contributed by atoms with Crippen molar-refractivity contribution in [2.24, 2.45) is 0 Å². The van der Waals surface area contributed by atoms with Crippen LogP contribution in [0.1, 0.15) is 20.1 Å². The van der Waals surface area contributed by atoms with E-state index in [2.05, 4.69) is 4.98 Å². The zero-order chi connectivity index (χ0) is 13.8. The predicted molar refractivity (Wildman–Crippen MR) is 74.1 cm³/mol. The van der Waals surface area contributed by atoms with Gasteiger partial charge in [-0.15, -0.1) is 11.3 Å². The van der Waals surface area contributed by atoms with E-state index >= 15 is 0 Å². The molecule has 1 amide bonds. The highest BCUT2D eigenvalue weighted by Gasteiger charge is 2.20. The third-order valence-corrected chi connectivity index (χ3v) is 3.64. The van der Waals surface area contributed by atoms with Crippen molar-refractivity contribution in [3.63, 3.8) is 0 Å². The van der Waals surface area contributed by atoms with Crippen molar-refractivity contribution in [1.29, 1.82) is 0 Å². The maximum Gasteiger partial charge on any atom is 0.295 e. The minimum Gasteiger partial charge on any atom is -0.334 e. The monoisotopic (exact) mass is 274 g/mol. The van der Waals surface area contributed by atoms with Crippen LogP contribution in [0.25, 0.3) is 0 Å². The van der Waals surface area contributed by atoms with Gasteiger partial charge in [0.1, 0.15) is 0 Å². The van der Waals surface area contributed by atoms with Gasteiger partial charge in [0.15, 0.2) is 0 Å². The lowest BCUT2D eigenvalue weighted by molar-refractivity contribution is -0.125. The molecule has 0 radical (unpaired) electrons. The van der Waals surface area contributed by atoms with Gasteiger partial charge in [0.2, 0.25) is 0 Å². The highest BCUT2D eigenvalue weighted by molar-refractivity contribution is 7.11. The Balaban J connectivity index is 2.05. The molecule has 2 rings (SSSR count). The van der Waals surface area contributed by atoms with Gasteiger partial charge in [0.25, 0.3) is 11.7 Å². The number of pyridine rings is 1. The number of hydrogen-bond acceptors (Lipinski definition) is 4. The Morgan fingerprint density at radius 1 is 1.32 bits per heavy atom. The van der Waals surface area contributed by atoms with Gasteiger partial charge < -0.3 is 4.90 Å². The molecule has 0 spiro atoms. The minimum absolute atomic E-state index is 0.321. The Bertz CT molecular complexity index is 593. The SMILES string of the molecule is Cc1ccc(CN(C)C(=O)C(=O)c2cccnc2)s1. The van der Waals surface area contributed by atoms with Crippen LogP contribution in [0.15, 0.2) is 36.7 Å². The summed E-state index contributed by atoms with van der Waals surface area (Å²) >= 11 is 1.62. The number of ketones is 1. The number of Topliss-reactive ketones (excluding diaryl/α,β-unsaturated/α-hetero) is 1. The molecule has 0 aliphatic carbocycles. The van der Waals surface area contributed by atoms with Crippen LogP contribution in [0.5, 0.6) is 0 Å². The molecule has 0 aromatic carbocycles. The maximum absolute atomic E-state index is 12.0. The van der Waals surface area contributed by atoms with E-state index < -0.39 is 11.7 Å². The molecule has 0 bridgehead atoms. The van der Waals surface area contributed by atoms with E-state index in [-0.39, 0.29) is 0 Å². The zero-order valence-electron chi connectivity index (χ0n) is 10.8. The van der Waals surface area contributed by atoms with E-state index in [0.717, 1.165) is 4.88 Å². The number of nitrogens with zero attached hydrogens (tertiary/aromatic N) is 2. The molecule has 0 atom stereocenters. The molecule has 19 heavy (non-hydrogen) atoms. The van der Waals surface area contributed by atoms with Gasteiger partial charge in [-0.05, 0) is 31.2 Å². The molecule has 2 aromatic rings. The summed E-state index contributed by atoms with van der Waals surface area (Å²) in [6, 6.07) is 7.21. The summed E-state index contributed by atoms with van der Waals surface area (Å²) in [4.78, 5) is 31.5. The van der Waals surface area contributed by atoms with Crippen molar-refractivity contribution in [2.75, 3.05) is 7.05 Å². The summed E-state index contributed by atoms with van der Waals surface area (Å²) in [5.74, 6) is -1.04. The Labute approximate surface area is 115 Å². The summed E-state index contributed by atoms with van der Waals surface area (Å²) in [7, 11) is 1.63. The standard InChI is InChI=1S/C14H14N2O2S/c1-10-5-6-12(19-10)9-16(2)14(18)13(17)11-4-3-7-15-8-11/h3-8H,9H2,1-2H3. The summed E-state index contributed by atoms with van der Waals surface area (Å²) in [5.41, 5.74) is 0.321. The second-order valence-electron chi connectivity index (χ2n) is 4.24. The summed E-state index contributed by atoms with van der Waals surface area (Å²) in [6.45, 7) is 2.46. The molecule has 0 aliphatic heterocycles. The lowest BCUT2D eigenvalue weighted by atomic mass is 10.2. The average Bonchev–Trinajstić information content (AvgIpc) is 2.83. The van der Waals surface area contributed by atoms with E-state index in [1.807, 2.05) is 19.1 Å². The molecule has 5 heteroatoms. The highest BCUT2D eigenvalue weighted by Crippen LogP contribution is 2.17. The van der Waals surface area contributed by atoms with Crippen LogP contribution >= 0.6 is 11.3 Å². The van der Waals surface area contributed by atoms with Gasteiger partial charge in [-0.2, -0.15) is 0 Å². The van der Waals surface area contributed by atoms with E-state index in [4.69, 9.17) is 0 Å². The van der Waals surface area contributed by atoms with Crippen molar-refractivity contribution in [3.05, 3.63) is 52.0 Å². The normalized spacial score (nSPS) is 10.2. The van der Waals surface area contributed by atoms with Crippen LogP contribution in [0.3, 0.4) is 0 Å². The fourth-order valence-electron chi connectivity index (χ4n) is 1.67. The van der Waals surface area contributed by atoms with Gasteiger partial charge >= 0.3 is 0 Å². The molecule has 98 valence electrons. The molecule has 0 N–H and O–H groups in total. The largest absolute Gasteiger partial charge is 0.334 e. The lowest BCUT2D eigenvalue weighted by Crippen LogP contribution is -2.32. The molecular formula is C14H14N2O2S. The number of likely N-dealkylation sites (N-methyl/N-ethyl adjacent to an activating group) is 1. The molecule has 0 unspecified atom stereocenters. The number of thiophene rings is 1. The Morgan fingerprint density at radius 2 is 2.11 bits per heavy atom. The fraction of sp³-hybridized carbons (Fsp3) is 0.214. The molecule has 2 aromatic heterocycles. The first-order valence-corrected chi connectivity index (χ1v) is 6.64. The molecule has 0 saturated carbocycles. The second kappa shape index (κ2) is 5.75. The van der Waals surface area contributed by atoms with Gasteiger partial charge in [0, 0.05) is 34.8 Å². The number of carbonyl (C=O) groups is 2. The third-order valence-electron chi connectivity index (χ3n) is 2.65. The summed E-state index contributed by atoms with van der Waals surface area (Å²) < 4.78 is 0. The number of carbonyl (C=O) groups excluding carboxylic acids is 2. The van der Waals surface area contributed by atoms with Crippen LogP contribution < -0.4 is 0 Å². The first kappa shape index (κ1) is 13.4. The van der Waals surface area contributed by atoms with Crippen LogP contribution in [-0.2, 0) is 11.3 Å². The van der Waals surface area contributed by atoms with Crippen molar-refractivity contribution in [3.8, 4) is 0 Å². The van der Waals surface area contributed by atoms with Crippen LogP contribution in [-0.4, -0.2) is 28.6 Å².